The molecule has 0 bridgehead atoms. The van der Waals surface area contributed by atoms with Gasteiger partial charge in [0.05, 0.1) is 0 Å². The summed E-state index contributed by atoms with van der Waals surface area (Å²) in [6, 6.07) is 89.5. The number of rotatable bonds is 4. The molecule has 0 aliphatic carbocycles. The van der Waals surface area contributed by atoms with Gasteiger partial charge in [-0.05, 0) is 153 Å². The van der Waals surface area contributed by atoms with E-state index in [9.17, 15) is 0 Å². The highest BCUT2D eigenvalue weighted by Gasteiger charge is 2.23. The van der Waals surface area contributed by atoms with Crippen LogP contribution in [0.25, 0.3) is 173 Å². The third-order valence-electron chi connectivity index (χ3n) is 16.2. The van der Waals surface area contributed by atoms with E-state index in [-0.39, 0.29) is 0 Å². The monoisotopic (exact) mass is 968 g/mol. The summed E-state index contributed by atoms with van der Waals surface area (Å²) < 4.78 is 15.8. The second-order valence-corrected chi connectivity index (χ2v) is 21.2. The number of furan rings is 2. The molecule has 0 unspecified atom stereocenters. The van der Waals surface area contributed by atoms with Crippen LogP contribution in [0.3, 0.4) is 0 Å². The average Bonchev–Trinajstić information content (AvgIpc) is 4.21. The van der Waals surface area contributed by atoms with Crippen LogP contribution in [-0.2, 0) is 0 Å². The van der Waals surface area contributed by atoms with Gasteiger partial charge in [0.15, 0.2) is 0 Å². The Bertz CT molecular complexity index is 5200. The second-order valence-electron chi connectivity index (χ2n) is 20.1. The zero-order valence-corrected chi connectivity index (χ0v) is 41.1. The van der Waals surface area contributed by atoms with Gasteiger partial charge < -0.3 is 8.83 Å². The van der Waals surface area contributed by atoms with Crippen molar-refractivity contribution < 1.29 is 8.83 Å². The number of hydrogen-bond donors (Lipinski definition) is 0. The predicted octanol–water partition coefficient (Wildman–Crippen LogP) is 21.4. The summed E-state index contributed by atoms with van der Waals surface area (Å²) >= 11 is 1.88. The minimum absolute atomic E-state index is 0.901. The Balaban J connectivity index is 0.872. The molecule has 75 heavy (non-hydrogen) atoms. The summed E-state index contributed by atoms with van der Waals surface area (Å²) in [4.78, 5) is 0. The van der Waals surface area contributed by atoms with Gasteiger partial charge in [0.2, 0.25) is 0 Å². The van der Waals surface area contributed by atoms with E-state index in [1.807, 2.05) is 11.3 Å². The molecule has 0 spiro atoms. The fourth-order valence-electron chi connectivity index (χ4n) is 13.0. The van der Waals surface area contributed by atoms with Crippen molar-refractivity contribution in [2.45, 2.75) is 0 Å². The molecule has 0 aliphatic heterocycles. The number of hydrogen-bond acceptors (Lipinski definition) is 3. The molecule has 0 atom stereocenters. The van der Waals surface area contributed by atoms with Crippen molar-refractivity contribution in [3.63, 3.8) is 0 Å². The van der Waals surface area contributed by atoms with Crippen LogP contribution in [0.4, 0.5) is 0 Å². The average molecular weight is 969 g/mol. The van der Waals surface area contributed by atoms with Crippen molar-refractivity contribution in [1.82, 2.24) is 0 Å². The molecule has 0 amide bonds. The Kier molecular flexibility index (Phi) is 8.46. The van der Waals surface area contributed by atoms with Gasteiger partial charge >= 0.3 is 0 Å². The molecule has 0 saturated carbocycles. The van der Waals surface area contributed by atoms with E-state index in [0.717, 1.165) is 54.6 Å². The van der Waals surface area contributed by atoms with E-state index in [1.54, 1.807) is 0 Å². The molecule has 3 heterocycles. The summed E-state index contributed by atoms with van der Waals surface area (Å²) in [5.41, 5.74) is 13.5. The molecule has 3 heteroatoms. The smallest absolute Gasteiger partial charge is 0.143 e. The van der Waals surface area contributed by atoms with Crippen molar-refractivity contribution in [3.8, 4) is 44.5 Å². The molecule has 17 aromatic rings. The first-order valence-electron chi connectivity index (χ1n) is 25.7. The van der Waals surface area contributed by atoms with Crippen LogP contribution in [0.5, 0.6) is 0 Å². The fourth-order valence-corrected chi connectivity index (χ4v) is 14.1. The van der Waals surface area contributed by atoms with Crippen LogP contribution in [-0.4, -0.2) is 0 Å². The largest absolute Gasteiger partial charge is 0.455 e. The van der Waals surface area contributed by atoms with Crippen molar-refractivity contribution in [2.24, 2.45) is 0 Å². The summed E-state index contributed by atoms with van der Waals surface area (Å²) in [6.45, 7) is 0. The summed E-state index contributed by atoms with van der Waals surface area (Å²) in [5.74, 6) is 0. The fraction of sp³-hybridized carbons (Fsp3) is 0. The third kappa shape index (κ3) is 5.84. The maximum absolute atomic E-state index is 6.61. The highest BCUT2D eigenvalue weighted by molar-refractivity contribution is 7.26. The van der Waals surface area contributed by atoms with Crippen LogP contribution >= 0.6 is 11.3 Å². The normalized spacial score (nSPS) is 12.3. The highest BCUT2D eigenvalue weighted by Crippen LogP contribution is 2.51. The molecule has 0 fully saturated rings. The van der Waals surface area contributed by atoms with Gasteiger partial charge in [0.25, 0.3) is 0 Å². The van der Waals surface area contributed by atoms with Gasteiger partial charge in [-0.2, -0.15) is 0 Å². The molecule has 2 nitrogen and oxygen atoms in total. The number of thiophene rings is 1. The zero-order chi connectivity index (χ0) is 48.9. The molecule has 0 N–H and O–H groups in total. The Hall–Kier alpha value is -9.54. The van der Waals surface area contributed by atoms with Crippen LogP contribution in [0.1, 0.15) is 0 Å². The Morgan fingerprint density at radius 1 is 0.240 bits per heavy atom. The van der Waals surface area contributed by atoms with Gasteiger partial charge in [-0.25, -0.2) is 0 Å². The van der Waals surface area contributed by atoms with Crippen LogP contribution in [0.2, 0.25) is 0 Å². The number of benzene rings is 14. The van der Waals surface area contributed by atoms with Crippen molar-refractivity contribution in [2.75, 3.05) is 0 Å². The first-order valence-corrected chi connectivity index (χ1v) is 26.5. The summed E-state index contributed by atoms with van der Waals surface area (Å²) in [6.07, 6.45) is 0. The standard InChI is InChI=1S/C72H40O2S/c1-3-16-46-41(14-1)28-33-56-59-38-43(30-35-62(59)73-71(46)56)66-48-18-5-7-20-50(48)68(51-21-8-6-19-49(51)66)45-32-37-64-61(40-45)70-58(26-13-27-65(70)75-64)69-54-24-11-9-22-52(54)67(53-23-10-12-25-55(53)69)44-31-36-63-60(39-44)57-34-29-42-15-2-4-17-47(42)72(57)74-63/h1-40H. The Morgan fingerprint density at radius 2 is 0.627 bits per heavy atom. The van der Waals surface area contributed by atoms with Gasteiger partial charge in [-0.3, -0.25) is 0 Å². The molecule has 346 valence electrons. The molecule has 3 aromatic heterocycles. The van der Waals surface area contributed by atoms with E-state index >= 15 is 0 Å². The minimum Gasteiger partial charge on any atom is -0.455 e. The van der Waals surface area contributed by atoms with Gasteiger partial charge in [-0.15, -0.1) is 11.3 Å². The van der Waals surface area contributed by atoms with Crippen LogP contribution < -0.4 is 0 Å². The van der Waals surface area contributed by atoms with E-state index in [2.05, 4.69) is 243 Å². The lowest BCUT2D eigenvalue weighted by atomic mass is 9.84. The van der Waals surface area contributed by atoms with Crippen molar-refractivity contribution in [3.05, 3.63) is 243 Å². The Morgan fingerprint density at radius 3 is 1.08 bits per heavy atom. The van der Waals surface area contributed by atoms with E-state index in [1.165, 1.54) is 119 Å². The van der Waals surface area contributed by atoms with Crippen LogP contribution in [0, 0.1) is 0 Å². The van der Waals surface area contributed by atoms with E-state index in [0.29, 0.717) is 0 Å². The zero-order valence-electron chi connectivity index (χ0n) is 40.3. The molecule has 0 radical (unpaired) electrons. The van der Waals surface area contributed by atoms with Gasteiger partial charge in [-0.1, -0.05) is 188 Å². The van der Waals surface area contributed by atoms with Crippen molar-refractivity contribution in [1.29, 1.82) is 0 Å². The SMILES string of the molecule is c1ccc2c(c1)ccc1c3cc(-c4c5ccccc5c(-c5ccc6sc7cccc(-c8c9ccccc9c(-c9ccc%10oc%11c%12ccccc%12ccc%11c%10c9)c9ccccc89)c7c6c5)c5ccccc45)ccc3oc21. The number of fused-ring (bicyclic) bond motifs is 17. The first-order chi connectivity index (χ1) is 37.2. The topological polar surface area (TPSA) is 26.3 Å². The lowest BCUT2D eigenvalue weighted by Gasteiger charge is -2.19. The summed E-state index contributed by atoms with van der Waals surface area (Å²) in [7, 11) is 0. The third-order valence-corrected chi connectivity index (χ3v) is 17.4. The molecule has 0 saturated heterocycles. The molecule has 14 aromatic carbocycles. The molecular formula is C72H40O2S. The van der Waals surface area contributed by atoms with E-state index in [4.69, 9.17) is 8.83 Å². The molecule has 17 rings (SSSR count). The molecule has 0 aliphatic rings. The maximum Gasteiger partial charge on any atom is 0.143 e. The second kappa shape index (κ2) is 15.5. The lowest BCUT2D eigenvalue weighted by Crippen LogP contribution is -1.91. The highest BCUT2D eigenvalue weighted by atomic mass is 32.1. The lowest BCUT2D eigenvalue weighted by molar-refractivity contribution is 0.672. The quantitative estimate of drug-likeness (QED) is 0.164. The summed E-state index contributed by atoms with van der Waals surface area (Å²) in [5, 5.41) is 21.6. The van der Waals surface area contributed by atoms with Crippen molar-refractivity contribution >= 4 is 140 Å². The predicted molar refractivity (Wildman–Crippen MR) is 321 cm³/mol. The van der Waals surface area contributed by atoms with Crippen LogP contribution in [0.15, 0.2) is 251 Å². The minimum atomic E-state index is 0.901. The molecular weight excluding hydrogens is 929 g/mol. The van der Waals surface area contributed by atoms with E-state index < -0.39 is 0 Å². The first kappa shape index (κ1) is 41.0. The van der Waals surface area contributed by atoms with Gasteiger partial charge in [0, 0.05) is 52.5 Å². The maximum atomic E-state index is 6.61. The Labute approximate surface area is 433 Å². The van der Waals surface area contributed by atoms with Gasteiger partial charge in [0.1, 0.15) is 22.3 Å².